The molecule has 0 heterocycles. The second-order valence-corrected chi connectivity index (χ2v) is 10.5. The molecule has 11 heteroatoms. The van der Waals surface area contributed by atoms with Crippen molar-refractivity contribution in [2.45, 2.75) is 90.4 Å². The number of nitrogens with one attached hydrogen (secondary N) is 3. The molecule has 0 saturated carbocycles. The molecule has 4 atom stereocenters. The van der Waals surface area contributed by atoms with Gasteiger partial charge in [-0.3, -0.25) is 14.4 Å². The number of carbonyl (C=O) groups is 4. The number of carboxylic acids is 1. The summed E-state index contributed by atoms with van der Waals surface area (Å²) in [5.41, 5.74) is 12.2. The maximum absolute atomic E-state index is 13.4. The SMILES string of the molecule is CC(C)CC(N)C(=O)NC(Cc1ccc(O)cc1)C(=O)NC(CC(C)C)C(=O)NC(CCCCN)C(=O)O. The van der Waals surface area contributed by atoms with Crippen LogP contribution in [-0.4, -0.2) is 64.6 Å². The normalized spacial score (nSPS) is 14.4. The zero-order valence-corrected chi connectivity index (χ0v) is 22.9. The fraction of sp³-hybridized carbons (Fsp3) is 0.630. The minimum atomic E-state index is -1.17. The Morgan fingerprint density at radius 2 is 1.32 bits per heavy atom. The summed E-state index contributed by atoms with van der Waals surface area (Å²) in [6.07, 6.45) is 2.17. The Kier molecular flexibility index (Phi) is 14.4. The predicted molar refractivity (Wildman–Crippen MR) is 145 cm³/mol. The lowest BCUT2D eigenvalue weighted by atomic mass is 9.99. The molecule has 3 amide bonds. The number of rotatable bonds is 17. The molecule has 0 aromatic heterocycles. The van der Waals surface area contributed by atoms with Crippen LogP contribution in [0, 0.1) is 11.8 Å². The fourth-order valence-electron chi connectivity index (χ4n) is 3.97. The van der Waals surface area contributed by atoms with Crippen molar-refractivity contribution in [3.05, 3.63) is 29.8 Å². The largest absolute Gasteiger partial charge is 0.508 e. The first kappa shape index (κ1) is 32.8. The van der Waals surface area contributed by atoms with Crippen molar-refractivity contribution in [2.75, 3.05) is 6.54 Å². The highest BCUT2D eigenvalue weighted by atomic mass is 16.4. The molecule has 0 spiro atoms. The molecule has 4 unspecified atom stereocenters. The van der Waals surface area contributed by atoms with E-state index in [9.17, 15) is 29.4 Å². The Bertz CT molecular complexity index is 906. The monoisotopic (exact) mass is 535 g/mol. The van der Waals surface area contributed by atoms with Gasteiger partial charge >= 0.3 is 5.97 Å². The second kappa shape index (κ2) is 16.6. The van der Waals surface area contributed by atoms with Crippen LogP contribution in [-0.2, 0) is 25.6 Å². The predicted octanol–water partition coefficient (Wildman–Crippen LogP) is 1.02. The summed E-state index contributed by atoms with van der Waals surface area (Å²) >= 11 is 0. The van der Waals surface area contributed by atoms with Crippen LogP contribution in [0.4, 0.5) is 0 Å². The Morgan fingerprint density at radius 3 is 1.84 bits per heavy atom. The molecule has 0 aliphatic rings. The fourth-order valence-corrected chi connectivity index (χ4v) is 3.97. The number of aliphatic carboxylic acids is 1. The number of unbranched alkanes of at least 4 members (excludes halogenated alkanes) is 1. The molecule has 0 aliphatic heterocycles. The highest BCUT2D eigenvalue weighted by Gasteiger charge is 2.31. The number of carbonyl (C=O) groups excluding carboxylic acids is 3. The summed E-state index contributed by atoms with van der Waals surface area (Å²) in [6, 6.07) is 2.23. The number of nitrogens with two attached hydrogens (primary N) is 2. The third-order valence-electron chi connectivity index (χ3n) is 5.97. The van der Waals surface area contributed by atoms with Crippen molar-refractivity contribution in [1.82, 2.24) is 16.0 Å². The molecule has 1 aromatic rings. The Morgan fingerprint density at radius 1 is 0.789 bits per heavy atom. The molecule has 0 saturated heterocycles. The van der Waals surface area contributed by atoms with Crippen molar-refractivity contribution >= 4 is 23.7 Å². The molecule has 0 aliphatic carbocycles. The van der Waals surface area contributed by atoms with Crippen LogP contribution < -0.4 is 27.4 Å². The lowest BCUT2D eigenvalue weighted by Gasteiger charge is -2.26. The Hall–Kier alpha value is -3.18. The zero-order valence-electron chi connectivity index (χ0n) is 22.9. The molecule has 38 heavy (non-hydrogen) atoms. The van der Waals surface area contributed by atoms with Gasteiger partial charge in [0.05, 0.1) is 6.04 Å². The van der Waals surface area contributed by atoms with Gasteiger partial charge in [-0.15, -0.1) is 0 Å². The second-order valence-electron chi connectivity index (χ2n) is 10.5. The van der Waals surface area contributed by atoms with E-state index < -0.39 is 47.9 Å². The van der Waals surface area contributed by atoms with Crippen molar-refractivity contribution in [3.63, 3.8) is 0 Å². The van der Waals surface area contributed by atoms with Gasteiger partial charge in [-0.05, 0) is 68.2 Å². The van der Waals surface area contributed by atoms with E-state index in [1.54, 1.807) is 12.1 Å². The maximum Gasteiger partial charge on any atom is 0.326 e. The van der Waals surface area contributed by atoms with Gasteiger partial charge in [0, 0.05) is 6.42 Å². The molecular weight excluding hydrogens is 490 g/mol. The van der Waals surface area contributed by atoms with Crippen molar-refractivity contribution in [1.29, 1.82) is 0 Å². The average Bonchev–Trinajstić information content (AvgIpc) is 2.82. The first-order chi connectivity index (χ1) is 17.8. The van der Waals surface area contributed by atoms with Crippen LogP contribution in [0.15, 0.2) is 24.3 Å². The van der Waals surface area contributed by atoms with Gasteiger partial charge in [-0.25, -0.2) is 4.79 Å². The summed E-state index contributed by atoms with van der Waals surface area (Å²) in [4.78, 5) is 50.9. The van der Waals surface area contributed by atoms with E-state index >= 15 is 0 Å². The number of carboxylic acid groups (broad SMARTS) is 1. The van der Waals surface area contributed by atoms with Gasteiger partial charge < -0.3 is 37.6 Å². The first-order valence-corrected chi connectivity index (χ1v) is 13.2. The van der Waals surface area contributed by atoms with Gasteiger partial charge in [-0.2, -0.15) is 0 Å². The van der Waals surface area contributed by atoms with Crippen LogP contribution in [0.5, 0.6) is 5.75 Å². The first-order valence-electron chi connectivity index (χ1n) is 13.2. The summed E-state index contributed by atoms with van der Waals surface area (Å²) in [7, 11) is 0. The van der Waals surface area contributed by atoms with Gasteiger partial charge in [-0.1, -0.05) is 39.8 Å². The van der Waals surface area contributed by atoms with Gasteiger partial charge in [0.1, 0.15) is 23.9 Å². The number of phenolic OH excluding ortho intramolecular Hbond substituents is 1. The molecule has 0 bridgehead atoms. The number of hydrogen-bond acceptors (Lipinski definition) is 7. The average molecular weight is 536 g/mol. The van der Waals surface area contributed by atoms with E-state index in [4.69, 9.17) is 11.5 Å². The molecular formula is C27H45N5O6. The van der Waals surface area contributed by atoms with Crippen LogP contribution in [0.2, 0.25) is 0 Å². The van der Waals surface area contributed by atoms with Crippen molar-refractivity contribution in [2.24, 2.45) is 23.3 Å². The van der Waals surface area contributed by atoms with Crippen molar-refractivity contribution in [3.8, 4) is 5.75 Å². The quantitative estimate of drug-likeness (QED) is 0.143. The minimum absolute atomic E-state index is 0.0103. The number of hydrogen-bond donors (Lipinski definition) is 7. The highest BCUT2D eigenvalue weighted by Crippen LogP contribution is 2.13. The van der Waals surface area contributed by atoms with E-state index in [-0.39, 0.29) is 36.8 Å². The number of aromatic hydroxyl groups is 1. The van der Waals surface area contributed by atoms with Crippen LogP contribution in [0.3, 0.4) is 0 Å². The number of amides is 3. The topological polar surface area (TPSA) is 197 Å². The molecule has 0 fully saturated rings. The van der Waals surface area contributed by atoms with E-state index in [2.05, 4.69) is 16.0 Å². The van der Waals surface area contributed by atoms with Crippen LogP contribution >= 0.6 is 0 Å². The number of phenols is 1. The summed E-state index contributed by atoms with van der Waals surface area (Å²) < 4.78 is 0. The molecule has 214 valence electrons. The zero-order chi connectivity index (χ0) is 28.8. The van der Waals surface area contributed by atoms with E-state index in [1.165, 1.54) is 12.1 Å². The third-order valence-corrected chi connectivity index (χ3v) is 5.97. The summed E-state index contributed by atoms with van der Waals surface area (Å²) in [5.74, 6) is -2.62. The molecule has 0 radical (unpaired) electrons. The maximum atomic E-state index is 13.4. The third kappa shape index (κ3) is 12.4. The number of benzene rings is 1. The smallest absolute Gasteiger partial charge is 0.326 e. The van der Waals surface area contributed by atoms with Crippen molar-refractivity contribution < 1.29 is 29.4 Å². The van der Waals surface area contributed by atoms with E-state index in [0.29, 0.717) is 31.4 Å². The van der Waals surface area contributed by atoms with Gasteiger partial charge in [0.25, 0.3) is 0 Å². The molecule has 1 rings (SSSR count). The summed E-state index contributed by atoms with van der Waals surface area (Å²) in [5, 5.41) is 27.1. The van der Waals surface area contributed by atoms with Crippen LogP contribution in [0.25, 0.3) is 0 Å². The highest BCUT2D eigenvalue weighted by molar-refractivity contribution is 5.94. The minimum Gasteiger partial charge on any atom is -0.508 e. The van der Waals surface area contributed by atoms with E-state index in [0.717, 1.165) is 0 Å². The lowest BCUT2D eigenvalue weighted by Crippen LogP contribution is -2.58. The summed E-state index contributed by atoms with van der Waals surface area (Å²) in [6.45, 7) is 8.04. The van der Waals surface area contributed by atoms with Crippen LogP contribution in [0.1, 0.15) is 65.4 Å². The van der Waals surface area contributed by atoms with Gasteiger partial charge in [0.2, 0.25) is 17.7 Å². The Labute approximate surface area is 225 Å². The molecule has 11 nitrogen and oxygen atoms in total. The lowest BCUT2D eigenvalue weighted by molar-refractivity contribution is -0.142. The molecule has 9 N–H and O–H groups in total. The van der Waals surface area contributed by atoms with E-state index in [1.807, 2.05) is 27.7 Å². The molecule has 1 aromatic carbocycles. The standard InChI is InChI=1S/C27H45N5O6/c1-16(2)13-20(29)24(34)31-23(15-18-8-10-19(33)11-9-18)26(36)32-22(14-17(3)4)25(35)30-21(27(37)38)7-5-6-12-28/h8-11,16-17,20-23,33H,5-7,12-15,28-29H2,1-4H3,(H,30,35)(H,31,34)(H,32,36)(H,37,38). The van der Waals surface area contributed by atoms with Gasteiger partial charge in [0.15, 0.2) is 0 Å². The Balaban J connectivity index is 3.10.